The molecule has 0 aromatic heterocycles. The number of allylic oxidation sites excluding steroid dienone is 1. The molecule has 6 heteroatoms. The highest BCUT2D eigenvalue weighted by Gasteiger charge is 2.55. The molecule has 1 aromatic rings. The van der Waals surface area contributed by atoms with Crippen molar-refractivity contribution in [3.8, 4) is 0 Å². The van der Waals surface area contributed by atoms with E-state index in [1.165, 1.54) is 6.20 Å². The molecule has 98 valence electrons. The first-order valence-electron chi connectivity index (χ1n) is 5.82. The minimum atomic E-state index is -1.20. The van der Waals surface area contributed by atoms with E-state index in [0.29, 0.717) is 12.8 Å². The number of amides is 1. The zero-order valence-corrected chi connectivity index (χ0v) is 9.77. The summed E-state index contributed by atoms with van der Waals surface area (Å²) in [6, 6.07) is 1.36. The fraction of sp³-hybridized carbons (Fsp3) is 0.231. The monoisotopic (exact) mass is 266 g/mol. The Morgan fingerprint density at radius 3 is 2.47 bits per heavy atom. The average Bonchev–Trinajstić information content (AvgIpc) is 3.17. The van der Waals surface area contributed by atoms with Gasteiger partial charge in [-0.15, -0.1) is 0 Å². The zero-order chi connectivity index (χ0) is 13.8. The Morgan fingerprint density at radius 2 is 1.89 bits per heavy atom. The maximum atomic E-state index is 13.4. The predicted molar refractivity (Wildman–Crippen MR) is 62.7 cm³/mol. The van der Waals surface area contributed by atoms with Gasteiger partial charge in [-0.3, -0.25) is 4.79 Å². The van der Waals surface area contributed by atoms with Gasteiger partial charge in [-0.1, -0.05) is 0 Å². The number of quaternary nitrogens is 1. The van der Waals surface area contributed by atoms with Crippen LogP contribution in [-0.4, -0.2) is 23.0 Å². The molecule has 1 heterocycles. The Bertz CT molecular complexity index is 637. The molecule has 0 radical (unpaired) electrons. The molecule has 1 amide bonds. The van der Waals surface area contributed by atoms with Crippen LogP contribution in [0.15, 0.2) is 24.4 Å². The highest BCUT2D eigenvalue weighted by Crippen LogP contribution is 2.44. The molecule has 1 aliphatic carbocycles. The molecule has 0 saturated heterocycles. The van der Waals surface area contributed by atoms with Crippen LogP contribution in [0, 0.1) is 11.6 Å². The number of nitrogens with zero attached hydrogens (tertiary/aromatic N) is 1. The van der Waals surface area contributed by atoms with Crippen LogP contribution >= 0.6 is 0 Å². The van der Waals surface area contributed by atoms with Crippen LogP contribution in [0.5, 0.6) is 0 Å². The third-order valence-electron chi connectivity index (χ3n) is 3.60. The highest BCUT2D eigenvalue weighted by atomic mass is 19.2. The molecule has 0 bridgehead atoms. The molecule has 19 heavy (non-hydrogen) atoms. The van der Waals surface area contributed by atoms with Crippen molar-refractivity contribution in [2.24, 2.45) is 0 Å². The van der Waals surface area contributed by atoms with Gasteiger partial charge in [0, 0.05) is 25.0 Å². The molecule has 4 nitrogen and oxygen atoms in total. The fourth-order valence-corrected chi connectivity index (χ4v) is 2.52. The van der Waals surface area contributed by atoms with Gasteiger partial charge in [-0.25, -0.2) is 8.78 Å². The molecular weight excluding hydrogens is 256 g/mol. The van der Waals surface area contributed by atoms with Crippen LogP contribution < -0.4 is 4.48 Å². The van der Waals surface area contributed by atoms with Crippen molar-refractivity contribution in [1.29, 1.82) is 0 Å². The molecule has 2 aliphatic rings. The zero-order valence-electron chi connectivity index (χ0n) is 9.77. The van der Waals surface area contributed by atoms with Gasteiger partial charge in [0.05, 0.1) is 5.56 Å². The first kappa shape index (κ1) is 12.0. The van der Waals surface area contributed by atoms with Gasteiger partial charge >= 0.3 is 6.09 Å². The molecule has 1 N–H and O–H groups in total. The normalized spacial score (nSPS) is 25.3. The van der Waals surface area contributed by atoms with Crippen LogP contribution in [0.2, 0.25) is 0 Å². The Labute approximate surface area is 107 Å². The molecule has 1 aliphatic heterocycles. The van der Waals surface area contributed by atoms with Crippen LogP contribution in [0.4, 0.5) is 19.3 Å². The summed E-state index contributed by atoms with van der Waals surface area (Å²) in [5.74, 6) is -2.81. The highest BCUT2D eigenvalue weighted by molar-refractivity contribution is 6.12. The quantitative estimate of drug-likeness (QED) is 0.795. The minimum absolute atomic E-state index is 0.00130. The lowest BCUT2D eigenvalue weighted by molar-refractivity contribution is 0.103. The smallest absolute Gasteiger partial charge is 0.435 e. The first-order chi connectivity index (χ1) is 8.96. The van der Waals surface area contributed by atoms with Gasteiger partial charge in [0.2, 0.25) is 0 Å². The number of carbonyl (C=O) groups is 2. The van der Waals surface area contributed by atoms with E-state index in [1.807, 2.05) is 0 Å². The van der Waals surface area contributed by atoms with Crippen LogP contribution in [-0.2, 0) is 0 Å². The topological polar surface area (TPSA) is 54.4 Å². The van der Waals surface area contributed by atoms with Crippen molar-refractivity contribution >= 4 is 17.6 Å². The predicted octanol–water partition coefficient (Wildman–Crippen LogP) is 2.82. The number of benzene rings is 1. The molecule has 0 spiro atoms. The Hall–Kier alpha value is -2.08. The number of halogens is 2. The lowest BCUT2D eigenvalue weighted by Crippen LogP contribution is -2.52. The van der Waals surface area contributed by atoms with Crippen molar-refractivity contribution in [1.82, 2.24) is 4.48 Å². The number of hydrogen-bond acceptors (Lipinski definition) is 2. The molecule has 1 aromatic carbocycles. The van der Waals surface area contributed by atoms with Crippen molar-refractivity contribution in [3.63, 3.8) is 0 Å². The summed E-state index contributed by atoms with van der Waals surface area (Å²) in [7, 11) is 0. The molecule has 1 atom stereocenters. The lowest BCUT2D eigenvalue weighted by atomic mass is 10.0. The summed E-state index contributed by atoms with van der Waals surface area (Å²) in [5, 5.41) is 9.49. The number of carbonyl (C=O) groups excluding carboxylic acids is 1. The number of carboxylic acid groups (broad SMARTS) is 1. The maximum absolute atomic E-state index is 13.4. The summed E-state index contributed by atoms with van der Waals surface area (Å²) < 4.78 is 26.0. The fourth-order valence-electron chi connectivity index (χ4n) is 2.52. The van der Waals surface area contributed by atoms with E-state index in [2.05, 4.69) is 0 Å². The Kier molecular flexibility index (Phi) is 2.34. The van der Waals surface area contributed by atoms with Gasteiger partial charge in [-0.05, 0) is 6.07 Å². The second kappa shape index (κ2) is 3.71. The van der Waals surface area contributed by atoms with Crippen molar-refractivity contribution in [2.75, 3.05) is 0 Å². The van der Waals surface area contributed by atoms with E-state index >= 15 is 0 Å². The Morgan fingerprint density at radius 1 is 1.26 bits per heavy atom. The number of ketones is 1. The summed E-state index contributed by atoms with van der Waals surface area (Å²) in [6.45, 7) is 0. The van der Waals surface area contributed by atoms with Crippen LogP contribution in [0.25, 0.3) is 0 Å². The second-order valence-corrected chi connectivity index (χ2v) is 4.75. The van der Waals surface area contributed by atoms with Gasteiger partial charge in [0.25, 0.3) is 0 Å². The van der Waals surface area contributed by atoms with E-state index in [4.69, 9.17) is 0 Å². The second-order valence-electron chi connectivity index (χ2n) is 4.75. The maximum Gasteiger partial charge on any atom is 0.523 e. The van der Waals surface area contributed by atoms with Crippen molar-refractivity contribution < 1.29 is 23.5 Å². The number of fused-ring (bicyclic) bond motifs is 1. The summed E-state index contributed by atoms with van der Waals surface area (Å²) in [5.41, 5.74) is -0.0860. The molecule has 1 saturated carbocycles. The van der Waals surface area contributed by atoms with Gasteiger partial charge < -0.3 is 5.11 Å². The summed E-state index contributed by atoms with van der Waals surface area (Å²) in [6.07, 6.45) is 2.51. The first-order valence-corrected chi connectivity index (χ1v) is 5.82. The third-order valence-corrected chi connectivity index (χ3v) is 3.60. The van der Waals surface area contributed by atoms with Crippen molar-refractivity contribution in [3.05, 3.63) is 41.6 Å². The lowest BCUT2D eigenvalue weighted by Gasteiger charge is -2.31. The number of hydrogen-bond donors (Lipinski definition) is 1. The number of rotatable bonds is 1. The largest absolute Gasteiger partial charge is 0.523 e. The van der Waals surface area contributed by atoms with E-state index in [9.17, 15) is 23.5 Å². The molecule has 3 rings (SSSR count). The Balaban J connectivity index is 2.31. The van der Waals surface area contributed by atoms with E-state index in [-0.39, 0.29) is 17.3 Å². The van der Waals surface area contributed by atoms with Crippen LogP contribution in [0.3, 0.4) is 0 Å². The van der Waals surface area contributed by atoms with Gasteiger partial charge in [0.15, 0.2) is 23.1 Å². The van der Waals surface area contributed by atoms with E-state index in [1.54, 1.807) is 0 Å². The van der Waals surface area contributed by atoms with Crippen molar-refractivity contribution in [2.45, 2.75) is 18.9 Å². The molecular formula is C13H10F2NO3+. The SMILES string of the molecule is O=C1C=C[N+](C(=O)O)(C2CC2)c2cc(F)c(F)cc21. The van der Waals surface area contributed by atoms with E-state index in [0.717, 1.165) is 18.2 Å². The standard InChI is InChI=1S/C13H9F2NO3/c14-9-5-8-11(6-10(9)15)16(13(18)19,7-1-2-7)4-3-12(8)17/h3-7H,1-2H2/p+1. The molecule has 1 fully saturated rings. The molecule has 1 unspecified atom stereocenters. The van der Waals surface area contributed by atoms with Gasteiger partial charge in [-0.2, -0.15) is 9.28 Å². The average molecular weight is 266 g/mol. The summed E-state index contributed by atoms with van der Waals surface area (Å²) in [4.78, 5) is 23.3. The summed E-state index contributed by atoms with van der Waals surface area (Å²) >= 11 is 0. The van der Waals surface area contributed by atoms with Gasteiger partial charge in [0.1, 0.15) is 12.2 Å². The van der Waals surface area contributed by atoms with Crippen LogP contribution in [0.1, 0.15) is 23.2 Å². The third kappa shape index (κ3) is 1.53. The minimum Gasteiger partial charge on any atom is -0.435 e. The van der Waals surface area contributed by atoms with E-state index < -0.39 is 28.0 Å².